The second-order valence-corrected chi connectivity index (χ2v) is 5.17. The van der Waals surface area contributed by atoms with Crippen molar-refractivity contribution in [2.45, 2.75) is 13.0 Å². The van der Waals surface area contributed by atoms with Gasteiger partial charge in [0.2, 0.25) is 0 Å². The minimum absolute atomic E-state index is 0.0939. The molecule has 106 valence electrons. The molecule has 3 rings (SSSR count). The van der Waals surface area contributed by atoms with Gasteiger partial charge in [-0.15, -0.1) is 0 Å². The molecule has 3 nitrogen and oxygen atoms in total. The lowest BCUT2D eigenvalue weighted by atomic mass is 10.1. The molecule has 0 aliphatic heterocycles. The Balaban J connectivity index is 2.00. The number of aryl methyl sites for hydroxylation is 1. The van der Waals surface area contributed by atoms with Crippen LogP contribution >= 0.6 is 0 Å². The third-order valence-corrected chi connectivity index (χ3v) is 3.61. The van der Waals surface area contributed by atoms with Crippen LogP contribution in [0.15, 0.2) is 60.7 Å². The van der Waals surface area contributed by atoms with Gasteiger partial charge in [0.15, 0.2) is 0 Å². The Morgan fingerprint density at radius 2 is 1.76 bits per heavy atom. The van der Waals surface area contributed by atoms with E-state index in [-0.39, 0.29) is 6.04 Å². The third kappa shape index (κ3) is 2.88. The summed E-state index contributed by atoms with van der Waals surface area (Å²) in [6, 6.07) is 20.6. The zero-order valence-corrected chi connectivity index (χ0v) is 12.1. The van der Waals surface area contributed by atoms with E-state index in [1.807, 2.05) is 43.3 Å². The van der Waals surface area contributed by atoms with Gasteiger partial charge >= 0.3 is 0 Å². The molecule has 2 aromatic carbocycles. The fraction of sp³-hybridized carbons (Fsp3) is 0.167. The van der Waals surface area contributed by atoms with Gasteiger partial charge in [-0.3, -0.25) is 4.98 Å². The molecule has 0 amide bonds. The van der Waals surface area contributed by atoms with Crippen molar-refractivity contribution in [1.82, 2.24) is 4.98 Å². The van der Waals surface area contributed by atoms with Gasteiger partial charge in [-0.1, -0.05) is 48.5 Å². The molecule has 1 heterocycles. The molecule has 21 heavy (non-hydrogen) atoms. The van der Waals surface area contributed by atoms with Crippen molar-refractivity contribution in [3.63, 3.8) is 0 Å². The topological polar surface area (TPSA) is 50.9 Å². The van der Waals surface area contributed by atoms with Crippen LogP contribution in [0.2, 0.25) is 0 Å². The number of hydrogen-bond donors (Lipinski definition) is 2. The van der Waals surface area contributed by atoms with Gasteiger partial charge in [0, 0.05) is 23.3 Å². The van der Waals surface area contributed by atoms with E-state index < -0.39 is 0 Å². The fourth-order valence-electron chi connectivity index (χ4n) is 2.58. The van der Waals surface area contributed by atoms with Crippen LogP contribution in [0.25, 0.3) is 10.9 Å². The summed E-state index contributed by atoms with van der Waals surface area (Å²) in [6.07, 6.45) is 0. The van der Waals surface area contributed by atoms with E-state index in [0.717, 1.165) is 22.3 Å². The summed E-state index contributed by atoms with van der Waals surface area (Å²) in [4.78, 5) is 4.57. The monoisotopic (exact) mass is 277 g/mol. The Bertz CT molecular complexity index is 738. The van der Waals surface area contributed by atoms with Crippen molar-refractivity contribution < 1.29 is 0 Å². The van der Waals surface area contributed by atoms with E-state index in [9.17, 15) is 0 Å². The number of fused-ring (bicyclic) bond motifs is 1. The summed E-state index contributed by atoms with van der Waals surface area (Å²) in [7, 11) is 0. The Hall–Kier alpha value is -2.39. The van der Waals surface area contributed by atoms with E-state index in [0.29, 0.717) is 6.54 Å². The lowest BCUT2D eigenvalue weighted by Gasteiger charge is -2.20. The lowest BCUT2D eigenvalue weighted by Crippen LogP contribution is -2.20. The molecule has 0 saturated heterocycles. The number of rotatable bonds is 4. The van der Waals surface area contributed by atoms with Crippen molar-refractivity contribution in [3.05, 3.63) is 71.9 Å². The summed E-state index contributed by atoms with van der Waals surface area (Å²) >= 11 is 0. The Morgan fingerprint density at radius 3 is 2.52 bits per heavy atom. The van der Waals surface area contributed by atoms with Crippen molar-refractivity contribution in [2.24, 2.45) is 5.73 Å². The van der Waals surface area contributed by atoms with Crippen molar-refractivity contribution in [1.29, 1.82) is 0 Å². The maximum Gasteiger partial charge on any atom is 0.0725 e. The molecule has 0 saturated carbocycles. The van der Waals surface area contributed by atoms with Crippen molar-refractivity contribution >= 4 is 16.6 Å². The number of nitrogens with one attached hydrogen (secondary N) is 1. The van der Waals surface area contributed by atoms with E-state index in [1.165, 1.54) is 5.56 Å². The van der Waals surface area contributed by atoms with Gasteiger partial charge in [0.25, 0.3) is 0 Å². The van der Waals surface area contributed by atoms with Crippen molar-refractivity contribution in [2.75, 3.05) is 11.9 Å². The highest BCUT2D eigenvalue weighted by Crippen LogP contribution is 2.26. The van der Waals surface area contributed by atoms with Crippen LogP contribution in [0.3, 0.4) is 0 Å². The molecule has 3 aromatic rings. The largest absolute Gasteiger partial charge is 0.376 e. The van der Waals surface area contributed by atoms with Crippen LogP contribution < -0.4 is 11.1 Å². The maximum absolute atomic E-state index is 5.96. The summed E-state index contributed by atoms with van der Waals surface area (Å²) in [5.41, 5.74) is 10.2. The summed E-state index contributed by atoms with van der Waals surface area (Å²) in [6.45, 7) is 2.55. The molecule has 1 aromatic heterocycles. The first-order valence-electron chi connectivity index (χ1n) is 7.16. The number of nitrogens with zero attached hydrogens (tertiary/aromatic N) is 1. The SMILES string of the molecule is Cc1cc(NC(CN)c2ccccc2)c2ccccc2n1. The van der Waals surface area contributed by atoms with E-state index >= 15 is 0 Å². The Labute approximate surface area is 124 Å². The second-order valence-electron chi connectivity index (χ2n) is 5.17. The van der Waals surface area contributed by atoms with E-state index in [1.54, 1.807) is 0 Å². The van der Waals surface area contributed by atoms with Gasteiger partial charge in [-0.2, -0.15) is 0 Å². The van der Waals surface area contributed by atoms with Crippen LogP contribution in [-0.2, 0) is 0 Å². The quantitative estimate of drug-likeness (QED) is 0.765. The normalized spacial score (nSPS) is 12.3. The first-order chi connectivity index (χ1) is 10.3. The van der Waals surface area contributed by atoms with E-state index in [2.05, 4.69) is 34.6 Å². The molecule has 1 atom stereocenters. The van der Waals surface area contributed by atoms with Gasteiger partial charge in [-0.05, 0) is 24.6 Å². The average molecular weight is 277 g/mol. The zero-order valence-electron chi connectivity index (χ0n) is 12.1. The number of aromatic nitrogens is 1. The minimum atomic E-state index is 0.0939. The standard InChI is InChI=1S/C18H19N3/c1-13-11-17(15-9-5-6-10-16(15)20-13)21-18(12-19)14-7-3-2-4-8-14/h2-11,18H,12,19H2,1H3,(H,20,21). The Morgan fingerprint density at radius 1 is 1.05 bits per heavy atom. The number of nitrogens with two attached hydrogens (primary N) is 1. The molecule has 0 aliphatic carbocycles. The van der Waals surface area contributed by atoms with Crippen LogP contribution in [-0.4, -0.2) is 11.5 Å². The Kier molecular flexibility index (Phi) is 3.84. The van der Waals surface area contributed by atoms with Gasteiger partial charge in [-0.25, -0.2) is 0 Å². The fourth-order valence-corrected chi connectivity index (χ4v) is 2.58. The van der Waals surface area contributed by atoms with Gasteiger partial charge in [0.1, 0.15) is 0 Å². The van der Waals surface area contributed by atoms with Crippen LogP contribution in [0.4, 0.5) is 5.69 Å². The second kappa shape index (κ2) is 5.94. The summed E-state index contributed by atoms with van der Waals surface area (Å²) in [5, 5.41) is 4.69. The molecule has 0 fully saturated rings. The van der Waals surface area contributed by atoms with Crippen LogP contribution in [0, 0.1) is 6.92 Å². The molecule has 0 bridgehead atoms. The molecule has 3 N–H and O–H groups in total. The summed E-state index contributed by atoms with van der Waals surface area (Å²) < 4.78 is 0. The van der Waals surface area contributed by atoms with Crippen molar-refractivity contribution in [3.8, 4) is 0 Å². The molecular weight excluding hydrogens is 258 g/mol. The highest BCUT2D eigenvalue weighted by molar-refractivity contribution is 5.91. The maximum atomic E-state index is 5.96. The van der Waals surface area contributed by atoms with E-state index in [4.69, 9.17) is 5.73 Å². The number of hydrogen-bond acceptors (Lipinski definition) is 3. The first kappa shape index (κ1) is 13.6. The number of pyridine rings is 1. The van der Waals surface area contributed by atoms with Gasteiger partial charge < -0.3 is 11.1 Å². The predicted molar refractivity (Wildman–Crippen MR) is 88.3 cm³/mol. The number of anilines is 1. The number of para-hydroxylation sites is 1. The molecule has 0 aliphatic rings. The minimum Gasteiger partial charge on any atom is -0.376 e. The first-order valence-corrected chi connectivity index (χ1v) is 7.16. The summed E-state index contributed by atoms with van der Waals surface area (Å²) in [5.74, 6) is 0. The molecule has 1 unspecified atom stereocenters. The molecular formula is C18H19N3. The zero-order chi connectivity index (χ0) is 14.7. The van der Waals surface area contributed by atoms with Gasteiger partial charge in [0.05, 0.1) is 11.6 Å². The third-order valence-electron chi connectivity index (χ3n) is 3.61. The predicted octanol–water partition coefficient (Wildman–Crippen LogP) is 3.66. The molecule has 3 heteroatoms. The molecule has 0 radical (unpaired) electrons. The van der Waals surface area contributed by atoms with Crippen LogP contribution in [0.1, 0.15) is 17.3 Å². The highest BCUT2D eigenvalue weighted by Gasteiger charge is 2.11. The number of benzene rings is 2. The van der Waals surface area contributed by atoms with Crippen LogP contribution in [0.5, 0.6) is 0 Å². The smallest absolute Gasteiger partial charge is 0.0725 e. The highest BCUT2D eigenvalue weighted by atomic mass is 14.9. The lowest BCUT2D eigenvalue weighted by molar-refractivity contribution is 0.791. The average Bonchev–Trinajstić information content (AvgIpc) is 2.53. The molecule has 0 spiro atoms.